The molecule has 0 saturated carbocycles. The molecule has 2 N–H and O–H groups in total. The number of anilines is 1. The van der Waals surface area contributed by atoms with Gasteiger partial charge in [-0.3, -0.25) is 14.9 Å². The molecule has 12 heteroatoms. The second-order valence-electron chi connectivity index (χ2n) is 5.96. The van der Waals surface area contributed by atoms with Crippen molar-refractivity contribution in [1.29, 1.82) is 0 Å². The molecule has 2 aromatic rings. The van der Waals surface area contributed by atoms with Crippen LogP contribution in [0, 0.1) is 10.1 Å². The van der Waals surface area contributed by atoms with Crippen LogP contribution in [0.3, 0.4) is 0 Å². The molecule has 29 heavy (non-hydrogen) atoms. The van der Waals surface area contributed by atoms with E-state index in [4.69, 9.17) is 0 Å². The van der Waals surface area contributed by atoms with Gasteiger partial charge in [0, 0.05) is 18.2 Å². The largest absolute Gasteiger partial charge is 0.426 e. The van der Waals surface area contributed by atoms with Crippen molar-refractivity contribution in [3.8, 4) is 0 Å². The standard InChI is InChI=1S/C17H12F6N2O4/c18-16(19,20)12-8-11(6-7-13(12)25(28)29)24-14(26)15(27,17(21,22)23)9-10-4-2-1-3-5-10/h1-8,27H,9H2,(H,24,26). The number of carbonyl (C=O) groups is 1. The summed E-state index contributed by atoms with van der Waals surface area (Å²) in [6.45, 7) is 0. The molecule has 0 spiro atoms. The van der Waals surface area contributed by atoms with Crippen LogP contribution in [0.5, 0.6) is 0 Å². The third kappa shape index (κ3) is 4.83. The van der Waals surface area contributed by atoms with Crippen LogP contribution in [0.25, 0.3) is 0 Å². The maximum absolute atomic E-state index is 13.4. The SMILES string of the molecule is O=C(Nc1ccc([N+](=O)[O-])c(C(F)(F)F)c1)C(O)(Cc1ccccc1)C(F)(F)F. The molecule has 0 fully saturated rings. The number of hydrogen-bond acceptors (Lipinski definition) is 4. The Morgan fingerprint density at radius 2 is 1.62 bits per heavy atom. The first-order valence-corrected chi connectivity index (χ1v) is 7.76. The molecule has 0 aromatic heterocycles. The van der Waals surface area contributed by atoms with E-state index in [1.54, 1.807) is 5.32 Å². The second kappa shape index (κ2) is 7.70. The first-order chi connectivity index (χ1) is 13.3. The highest BCUT2D eigenvalue weighted by Gasteiger charge is 2.59. The smallest absolute Gasteiger partial charge is 0.372 e. The zero-order chi connectivity index (χ0) is 22.0. The molecule has 0 bridgehead atoms. The van der Waals surface area contributed by atoms with Gasteiger partial charge in [-0.2, -0.15) is 26.3 Å². The van der Waals surface area contributed by atoms with E-state index in [1.165, 1.54) is 30.3 Å². The summed E-state index contributed by atoms with van der Waals surface area (Å²) in [6.07, 6.45) is -11.9. The van der Waals surface area contributed by atoms with Gasteiger partial charge in [-0.15, -0.1) is 0 Å². The highest BCUT2D eigenvalue weighted by Crippen LogP contribution is 2.39. The minimum atomic E-state index is -5.46. The van der Waals surface area contributed by atoms with Crippen LogP contribution in [0.2, 0.25) is 0 Å². The molecule has 0 heterocycles. The quantitative estimate of drug-likeness (QED) is 0.431. The Balaban J connectivity index is 2.40. The fourth-order valence-corrected chi connectivity index (χ4v) is 2.44. The van der Waals surface area contributed by atoms with Crippen LogP contribution in [0.4, 0.5) is 37.7 Å². The molecule has 2 rings (SSSR count). The molecular formula is C17H12F6N2O4. The Morgan fingerprint density at radius 3 is 2.10 bits per heavy atom. The molecule has 0 aliphatic rings. The monoisotopic (exact) mass is 422 g/mol. The molecule has 0 aliphatic carbocycles. The van der Waals surface area contributed by atoms with E-state index in [0.717, 1.165) is 0 Å². The number of alkyl halides is 6. The number of nitro benzene ring substituents is 1. The Labute approximate surface area is 158 Å². The lowest BCUT2D eigenvalue weighted by Gasteiger charge is -2.29. The third-order valence-electron chi connectivity index (χ3n) is 3.90. The first kappa shape index (κ1) is 22.1. The molecule has 156 valence electrons. The van der Waals surface area contributed by atoms with Gasteiger partial charge in [-0.1, -0.05) is 30.3 Å². The average Bonchev–Trinajstić information content (AvgIpc) is 2.60. The van der Waals surface area contributed by atoms with Crippen molar-refractivity contribution < 1.29 is 41.2 Å². The molecule has 1 atom stereocenters. The lowest BCUT2D eigenvalue weighted by Crippen LogP contribution is -2.56. The van der Waals surface area contributed by atoms with Gasteiger partial charge in [-0.05, 0) is 17.7 Å². The van der Waals surface area contributed by atoms with Crippen molar-refractivity contribution in [1.82, 2.24) is 0 Å². The summed E-state index contributed by atoms with van der Waals surface area (Å²) in [6, 6.07) is 7.81. The summed E-state index contributed by atoms with van der Waals surface area (Å²) in [4.78, 5) is 21.6. The predicted molar refractivity (Wildman–Crippen MR) is 87.9 cm³/mol. The molecular weight excluding hydrogens is 410 g/mol. The van der Waals surface area contributed by atoms with Gasteiger partial charge in [0.25, 0.3) is 11.6 Å². The van der Waals surface area contributed by atoms with E-state index in [2.05, 4.69) is 0 Å². The van der Waals surface area contributed by atoms with Crippen molar-refractivity contribution in [3.63, 3.8) is 0 Å². The summed E-state index contributed by atoms with van der Waals surface area (Å²) in [7, 11) is 0. The number of amides is 1. The zero-order valence-corrected chi connectivity index (χ0v) is 14.2. The third-order valence-corrected chi connectivity index (χ3v) is 3.90. The van der Waals surface area contributed by atoms with Gasteiger partial charge in [0.1, 0.15) is 5.56 Å². The highest BCUT2D eigenvalue weighted by atomic mass is 19.4. The molecule has 0 radical (unpaired) electrons. The van der Waals surface area contributed by atoms with Gasteiger partial charge in [0.15, 0.2) is 0 Å². The summed E-state index contributed by atoms with van der Waals surface area (Å²) >= 11 is 0. The summed E-state index contributed by atoms with van der Waals surface area (Å²) in [5.41, 5.74) is -7.91. The van der Waals surface area contributed by atoms with Crippen molar-refractivity contribution in [2.24, 2.45) is 0 Å². The van der Waals surface area contributed by atoms with Crippen LogP contribution >= 0.6 is 0 Å². The molecule has 0 aliphatic heterocycles. The zero-order valence-electron chi connectivity index (χ0n) is 14.2. The van der Waals surface area contributed by atoms with Gasteiger partial charge < -0.3 is 10.4 Å². The van der Waals surface area contributed by atoms with Crippen molar-refractivity contribution in [3.05, 3.63) is 69.8 Å². The average molecular weight is 422 g/mol. The number of aliphatic hydroxyl groups is 1. The summed E-state index contributed by atoms with van der Waals surface area (Å²) < 4.78 is 79.2. The summed E-state index contributed by atoms with van der Waals surface area (Å²) in [5.74, 6) is -2.03. The van der Waals surface area contributed by atoms with Crippen molar-refractivity contribution in [2.45, 2.75) is 24.4 Å². The fourth-order valence-electron chi connectivity index (χ4n) is 2.44. The number of nitro groups is 1. The number of rotatable bonds is 5. The number of benzene rings is 2. The molecule has 2 aromatic carbocycles. The van der Waals surface area contributed by atoms with Gasteiger partial charge >= 0.3 is 12.4 Å². The minimum Gasteiger partial charge on any atom is -0.372 e. The Kier molecular flexibility index (Phi) is 5.88. The lowest BCUT2D eigenvalue weighted by molar-refractivity contribution is -0.388. The first-order valence-electron chi connectivity index (χ1n) is 7.76. The highest BCUT2D eigenvalue weighted by molar-refractivity contribution is 5.98. The molecule has 1 unspecified atom stereocenters. The predicted octanol–water partition coefficient (Wildman–Crippen LogP) is 4.09. The van der Waals surface area contributed by atoms with Gasteiger partial charge in [-0.25, -0.2) is 0 Å². The van der Waals surface area contributed by atoms with E-state index < -0.39 is 52.1 Å². The van der Waals surface area contributed by atoms with E-state index in [1.807, 2.05) is 0 Å². The van der Waals surface area contributed by atoms with E-state index in [-0.39, 0.29) is 11.6 Å². The summed E-state index contributed by atoms with van der Waals surface area (Å²) in [5, 5.41) is 22.3. The number of nitrogens with zero attached hydrogens (tertiary/aromatic N) is 1. The van der Waals surface area contributed by atoms with Crippen LogP contribution < -0.4 is 5.32 Å². The molecule has 0 saturated heterocycles. The van der Waals surface area contributed by atoms with Crippen LogP contribution in [-0.2, 0) is 17.4 Å². The second-order valence-corrected chi connectivity index (χ2v) is 5.96. The Morgan fingerprint density at radius 1 is 1.03 bits per heavy atom. The Bertz CT molecular complexity index is 914. The Hall–Kier alpha value is -3.15. The molecule has 1 amide bonds. The number of nitrogens with one attached hydrogen (secondary N) is 1. The lowest BCUT2D eigenvalue weighted by atomic mass is 9.92. The fraction of sp³-hybridized carbons (Fsp3) is 0.235. The van der Waals surface area contributed by atoms with Gasteiger partial charge in [0.2, 0.25) is 5.60 Å². The molecule has 6 nitrogen and oxygen atoms in total. The normalized spacial score (nSPS) is 14.2. The maximum atomic E-state index is 13.4. The number of hydrogen-bond donors (Lipinski definition) is 2. The van der Waals surface area contributed by atoms with Crippen LogP contribution in [-0.4, -0.2) is 27.7 Å². The van der Waals surface area contributed by atoms with Gasteiger partial charge in [0.05, 0.1) is 4.92 Å². The number of carbonyl (C=O) groups excluding carboxylic acids is 1. The van der Waals surface area contributed by atoms with E-state index >= 15 is 0 Å². The number of halogens is 6. The van der Waals surface area contributed by atoms with Crippen LogP contribution in [0.1, 0.15) is 11.1 Å². The van der Waals surface area contributed by atoms with Crippen molar-refractivity contribution >= 4 is 17.3 Å². The van der Waals surface area contributed by atoms with Crippen LogP contribution in [0.15, 0.2) is 48.5 Å². The topological polar surface area (TPSA) is 92.5 Å². The maximum Gasteiger partial charge on any atom is 0.426 e. The van der Waals surface area contributed by atoms with E-state index in [9.17, 15) is 46.4 Å². The van der Waals surface area contributed by atoms with E-state index in [0.29, 0.717) is 12.1 Å². The van der Waals surface area contributed by atoms with Crippen molar-refractivity contribution in [2.75, 3.05) is 5.32 Å². The minimum absolute atomic E-state index is 0.0536.